The Morgan fingerprint density at radius 3 is 2.28 bits per heavy atom. The lowest BCUT2D eigenvalue weighted by Gasteiger charge is -2.28. The van der Waals surface area contributed by atoms with Gasteiger partial charge >= 0.3 is 12.0 Å². The zero-order valence-electron chi connectivity index (χ0n) is 12.0. The van der Waals surface area contributed by atoms with Gasteiger partial charge in [0.05, 0.1) is 5.92 Å². The summed E-state index contributed by atoms with van der Waals surface area (Å²) in [5.74, 6) is -1.40. The van der Waals surface area contributed by atoms with E-state index in [1.165, 1.54) is 0 Å². The van der Waals surface area contributed by atoms with Gasteiger partial charge in [-0.3, -0.25) is 4.79 Å². The van der Waals surface area contributed by atoms with Crippen LogP contribution in [0, 0.1) is 5.92 Å². The van der Waals surface area contributed by atoms with Crippen molar-refractivity contribution in [3.05, 3.63) is 0 Å². The zero-order chi connectivity index (χ0) is 14.1. The van der Waals surface area contributed by atoms with Crippen molar-refractivity contribution >= 4 is 12.0 Å². The summed E-state index contributed by atoms with van der Waals surface area (Å²) < 4.78 is 0. The zero-order valence-corrected chi connectivity index (χ0v) is 12.0. The van der Waals surface area contributed by atoms with E-state index >= 15 is 0 Å². The molecule has 0 aliphatic heterocycles. The number of unbranched alkanes of at least 4 members (excludes halogenated alkanes) is 2. The maximum absolute atomic E-state index is 12.1. The maximum atomic E-state index is 12.1. The molecule has 0 aliphatic carbocycles. The van der Waals surface area contributed by atoms with Gasteiger partial charge in [0.25, 0.3) is 0 Å². The van der Waals surface area contributed by atoms with Gasteiger partial charge in [-0.15, -0.1) is 0 Å². The van der Waals surface area contributed by atoms with Gasteiger partial charge in [0.15, 0.2) is 0 Å². The summed E-state index contributed by atoms with van der Waals surface area (Å²) in [6.45, 7) is 7.14. The van der Waals surface area contributed by atoms with Gasteiger partial charge in [-0.25, -0.2) is 4.79 Å². The Morgan fingerprint density at radius 1 is 1.22 bits per heavy atom. The van der Waals surface area contributed by atoms with Crippen LogP contribution >= 0.6 is 0 Å². The summed E-state index contributed by atoms with van der Waals surface area (Å²) in [6, 6.07) is -0.0818. The number of rotatable bonds is 8. The Hall–Kier alpha value is -1.26. The second-order valence-electron chi connectivity index (χ2n) is 4.69. The molecular weight excluding hydrogens is 232 g/mol. The van der Waals surface area contributed by atoms with Crippen molar-refractivity contribution in [3.63, 3.8) is 0 Å². The van der Waals surface area contributed by atoms with Gasteiger partial charge in [0, 0.05) is 26.7 Å². The third-order valence-corrected chi connectivity index (χ3v) is 2.99. The molecule has 0 heterocycles. The SMILES string of the molecule is CCCCCN(C)C(=O)N(CC)CC(C)C(=O)O. The van der Waals surface area contributed by atoms with E-state index in [0.717, 1.165) is 25.8 Å². The number of carbonyl (C=O) groups excluding carboxylic acids is 1. The van der Waals surface area contributed by atoms with Crippen LogP contribution in [-0.4, -0.2) is 53.6 Å². The molecule has 0 saturated heterocycles. The highest BCUT2D eigenvalue weighted by atomic mass is 16.4. The Labute approximate surface area is 110 Å². The molecule has 0 bridgehead atoms. The van der Waals surface area contributed by atoms with E-state index in [1.807, 2.05) is 6.92 Å². The predicted octanol–water partition coefficient (Wildman–Crippen LogP) is 2.27. The standard InChI is InChI=1S/C13H26N2O3/c1-5-7-8-9-14(4)13(18)15(6-2)10-11(3)12(16)17/h11H,5-10H2,1-4H3,(H,16,17). The predicted molar refractivity (Wildman–Crippen MR) is 71.6 cm³/mol. The van der Waals surface area contributed by atoms with Gasteiger partial charge in [0.1, 0.15) is 0 Å². The quantitative estimate of drug-likeness (QED) is 0.679. The molecule has 0 rings (SSSR count). The smallest absolute Gasteiger partial charge is 0.319 e. The highest BCUT2D eigenvalue weighted by molar-refractivity contribution is 5.75. The first-order valence-corrected chi connectivity index (χ1v) is 6.66. The van der Waals surface area contributed by atoms with Gasteiger partial charge in [-0.1, -0.05) is 26.7 Å². The number of carbonyl (C=O) groups is 2. The van der Waals surface area contributed by atoms with Gasteiger partial charge < -0.3 is 14.9 Å². The molecule has 0 spiro atoms. The van der Waals surface area contributed by atoms with E-state index in [2.05, 4.69) is 6.92 Å². The molecule has 0 fully saturated rings. The third-order valence-electron chi connectivity index (χ3n) is 2.99. The Kier molecular flexibility index (Phi) is 8.16. The first-order chi connectivity index (χ1) is 8.43. The number of hydrogen-bond acceptors (Lipinski definition) is 2. The molecule has 0 aliphatic rings. The summed E-state index contributed by atoms with van der Waals surface area (Å²) >= 11 is 0. The minimum absolute atomic E-state index is 0.0818. The molecule has 1 N–H and O–H groups in total. The second-order valence-corrected chi connectivity index (χ2v) is 4.69. The highest BCUT2D eigenvalue weighted by Gasteiger charge is 2.21. The Bertz CT molecular complexity index is 269. The molecule has 106 valence electrons. The molecule has 18 heavy (non-hydrogen) atoms. The van der Waals surface area contributed by atoms with Crippen molar-refractivity contribution in [2.45, 2.75) is 40.0 Å². The summed E-state index contributed by atoms with van der Waals surface area (Å²) in [6.07, 6.45) is 3.22. The van der Waals surface area contributed by atoms with E-state index in [1.54, 1.807) is 23.8 Å². The molecule has 1 atom stereocenters. The molecule has 5 heteroatoms. The second kappa shape index (κ2) is 8.78. The first kappa shape index (κ1) is 16.7. The highest BCUT2D eigenvalue weighted by Crippen LogP contribution is 2.05. The lowest BCUT2D eigenvalue weighted by atomic mass is 10.2. The van der Waals surface area contributed by atoms with Crippen molar-refractivity contribution in [2.24, 2.45) is 5.92 Å². The van der Waals surface area contributed by atoms with E-state index < -0.39 is 11.9 Å². The third kappa shape index (κ3) is 5.89. The topological polar surface area (TPSA) is 60.9 Å². The minimum Gasteiger partial charge on any atom is -0.481 e. The average molecular weight is 258 g/mol. The van der Waals surface area contributed by atoms with Crippen LogP contribution in [0.15, 0.2) is 0 Å². The number of amides is 2. The Balaban J connectivity index is 4.28. The Morgan fingerprint density at radius 2 is 1.83 bits per heavy atom. The van der Waals surface area contributed by atoms with Crippen molar-refractivity contribution in [1.82, 2.24) is 9.80 Å². The number of urea groups is 1. The number of aliphatic carboxylic acids is 1. The average Bonchev–Trinajstić information content (AvgIpc) is 2.34. The summed E-state index contributed by atoms with van der Waals surface area (Å²) in [4.78, 5) is 26.2. The van der Waals surface area contributed by atoms with Crippen LogP contribution in [-0.2, 0) is 4.79 Å². The lowest BCUT2D eigenvalue weighted by Crippen LogP contribution is -2.44. The normalized spacial score (nSPS) is 12.0. The first-order valence-electron chi connectivity index (χ1n) is 6.66. The van der Waals surface area contributed by atoms with Crippen LogP contribution in [0.2, 0.25) is 0 Å². The van der Waals surface area contributed by atoms with Crippen LogP contribution < -0.4 is 0 Å². The fraction of sp³-hybridized carbons (Fsp3) is 0.846. The molecule has 0 aromatic carbocycles. The fourth-order valence-corrected chi connectivity index (χ4v) is 1.69. The molecule has 2 amide bonds. The van der Waals surface area contributed by atoms with Crippen molar-refractivity contribution < 1.29 is 14.7 Å². The molecule has 1 unspecified atom stereocenters. The molecule has 0 saturated carbocycles. The van der Waals surface area contributed by atoms with E-state index in [0.29, 0.717) is 6.54 Å². The van der Waals surface area contributed by atoms with Crippen molar-refractivity contribution in [1.29, 1.82) is 0 Å². The van der Waals surface area contributed by atoms with E-state index in [9.17, 15) is 9.59 Å². The molecule has 0 radical (unpaired) electrons. The number of carboxylic acids is 1. The molecule has 0 aromatic rings. The van der Waals surface area contributed by atoms with Crippen molar-refractivity contribution in [2.75, 3.05) is 26.7 Å². The molecule has 0 aromatic heterocycles. The minimum atomic E-state index is -0.866. The van der Waals surface area contributed by atoms with Crippen LogP contribution in [0.4, 0.5) is 4.79 Å². The largest absolute Gasteiger partial charge is 0.481 e. The van der Waals surface area contributed by atoms with E-state index in [4.69, 9.17) is 5.11 Å². The van der Waals surface area contributed by atoms with Crippen LogP contribution in [0.5, 0.6) is 0 Å². The lowest BCUT2D eigenvalue weighted by molar-refractivity contribution is -0.141. The number of carboxylic acid groups (broad SMARTS) is 1. The van der Waals surface area contributed by atoms with Crippen molar-refractivity contribution in [3.8, 4) is 0 Å². The van der Waals surface area contributed by atoms with Gasteiger partial charge in [-0.2, -0.15) is 0 Å². The fourth-order valence-electron chi connectivity index (χ4n) is 1.69. The maximum Gasteiger partial charge on any atom is 0.319 e. The number of hydrogen-bond donors (Lipinski definition) is 1. The molecular formula is C13H26N2O3. The van der Waals surface area contributed by atoms with Crippen LogP contribution in [0.1, 0.15) is 40.0 Å². The van der Waals surface area contributed by atoms with Crippen LogP contribution in [0.25, 0.3) is 0 Å². The summed E-state index contributed by atoms with van der Waals surface area (Å²) in [7, 11) is 1.77. The summed E-state index contributed by atoms with van der Waals surface area (Å²) in [5, 5.41) is 8.87. The summed E-state index contributed by atoms with van der Waals surface area (Å²) in [5.41, 5.74) is 0. The number of nitrogens with zero attached hydrogens (tertiary/aromatic N) is 2. The van der Waals surface area contributed by atoms with Gasteiger partial charge in [-0.05, 0) is 13.3 Å². The van der Waals surface area contributed by atoms with E-state index in [-0.39, 0.29) is 12.6 Å². The van der Waals surface area contributed by atoms with Crippen LogP contribution in [0.3, 0.4) is 0 Å². The monoisotopic (exact) mass is 258 g/mol. The van der Waals surface area contributed by atoms with Gasteiger partial charge in [0.2, 0.25) is 0 Å². The molecule has 5 nitrogen and oxygen atoms in total.